The zero-order chi connectivity index (χ0) is 13.9. The Labute approximate surface area is 111 Å². The van der Waals surface area contributed by atoms with Crippen molar-refractivity contribution >= 4 is 23.3 Å². The summed E-state index contributed by atoms with van der Waals surface area (Å²) in [6.45, 7) is 3.38. The summed E-state index contributed by atoms with van der Waals surface area (Å²) in [5.41, 5.74) is 2.03. The summed E-state index contributed by atoms with van der Waals surface area (Å²) in [4.78, 5) is 17.6. The Morgan fingerprint density at radius 1 is 1.61 bits per heavy atom. The summed E-state index contributed by atoms with van der Waals surface area (Å²) in [5, 5.41) is 9.42. The number of rotatable bonds is 4. The van der Waals surface area contributed by atoms with Crippen LogP contribution in [0.2, 0.25) is 5.15 Å². The maximum atomic E-state index is 12.2. The molecule has 0 fully saturated rings. The van der Waals surface area contributed by atoms with Gasteiger partial charge in [-0.25, -0.2) is 10.8 Å². The van der Waals surface area contributed by atoms with Crippen molar-refractivity contribution in [1.29, 1.82) is 0 Å². The highest BCUT2D eigenvalue weighted by Gasteiger charge is 2.27. The lowest BCUT2D eigenvalue weighted by Crippen LogP contribution is -2.47. The maximum Gasteiger partial charge on any atom is 0.254 e. The van der Waals surface area contributed by atoms with E-state index in [0.29, 0.717) is 11.4 Å². The van der Waals surface area contributed by atoms with Crippen LogP contribution in [0, 0.1) is 0 Å². The van der Waals surface area contributed by atoms with Gasteiger partial charge in [0.15, 0.2) is 0 Å². The number of likely N-dealkylation sites (N-methyl/N-ethyl adjacent to an activating group) is 1. The summed E-state index contributed by atoms with van der Waals surface area (Å²) in [5.74, 6) is 5.28. The molecule has 0 aliphatic carbocycles. The summed E-state index contributed by atoms with van der Waals surface area (Å²) >= 11 is 5.80. The molecule has 0 atom stereocenters. The van der Waals surface area contributed by atoms with Crippen LogP contribution < -0.4 is 11.3 Å². The summed E-state index contributed by atoms with van der Waals surface area (Å²) in [6.07, 6.45) is 0. The van der Waals surface area contributed by atoms with E-state index in [-0.39, 0.29) is 17.7 Å². The van der Waals surface area contributed by atoms with E-state index in [1.54, 1.807) is 20.9 Å². The van der Waals surface area contributed by atoms with Crippen molar-refractivity contribution in [1.82, 2.24) is 9.88 Å². The number of pyridine rings is 1. The number of aliphatic hydroxyl groups is 1. The van der Waals surface area contributed by atoms with E-state index in [4.69, 9.17) is 17.4 Å². The van der Waals surface area contributed by atoms with Crippen molar-refractivity contribution < 1.29 is 9.90 Å². The average Bonchev–Trinajstić information content (AvgIpc) is 2.36. The van der Waals surface area contributed by atoms with Gasteiger partial charge in [-0.05, 0) is 26.0 Å². The zero-order valence-corrected chi connectivity index (χ0v) is 11.3. The summed E-state index contributed by atoms with van der Waals surface area (Å²) in [7, 11) is 1.61. The number of hydrogen-bond acceptors (Lipinski definition) is 5. The molecule has 0 bridgehead atoms. The van der Waals surface area contributed by atoms with Gasteiger partial charge in [0.05, 0.1) is 12.1 Å². The molecule has 1 heterocycles. The standard InChI is InChI=1S/C11H17ClN4O2/c1-11(2,6-17)16(3)10(18)7-4-8(12)14-9(5-7)15-13/h4-5,17H,6,13H2,1-3H3,(H,14,15). The van der Waals surface area contributed by atoms with Crippen molar-refractivity contribution in [2.24, 2.45) is 5.84 Å². The molecule has 0 saturated heterocycles. The molecule has 4 N–H and O–H groups in total. The molecule has 1 aromatic rings. The van der Waals surface area contributed by atoms with Crippen LogP contribution in [0.15, 0.2) is 12.1 Å². The molecule has 0 unspecified atom stereocenters. The Morgan fingerprint density at radius 3 is 2.72 bits per heavy atom. The molecule has 100 valence electrons. The largest absolute Gasteiger partial charge is 0.394 e. The number of hydrogen-bond donors (Lipinski definition) is 3. The molecule has 0 saturated carbocycles. The van der Waals surface area contributed by atoms with Gasteiger partial charge in [0.1, 0.15) is 11.0 Å². The number of anilines is 1. The van der Waals surface area contributed by atoms with E-state index < -0.39 is 5.54 Å². The number of halogens is 1. The van der Waals surface area contributed by atoms with Gasteiger partial charge in [0, 0.05) is 12.6 Å². The fraction of sp³-hybridized carbons (Fsp3) is 0.455. The van der Waals surface area contributed by atoms with E-state index in [2.05, 4.69) is 10.4 Å². The predicted octanol–water partition coefficient (Wildman–Crippen LogP) is 0.864. The molecule has 1 aromatic heterocycles. The number of carbonyl (C=O) groups is 1. The molecule has 0 radical (unpaired) electrons. The van der Waals surface area contributed by atoms with E-state index in [0.717, 1.165) is 0 Å². The lowest BCUT2D eigenvalue weighted by molar-refractivity contribution is 0.0473. The lowest BCUT2D eigenvalue weighted by atomic mass is 10.0. The lowest BCUT2D eigenvalue weighted by Gasteiger charge is -2.34. The molecule has 0 aromatic carbocycles. The smallest absolute Gasteiger partial charge is 0.254 e. The number of nitrogens with one attached hydrogen (secondary N) is 1. The number of nitrogens with zero attached hydrogens (tertiary/aromatic N) is 2. The third-order valence-electron chi connectivity index (χ3n) is 2.79. The van der Waals surface area contributed by atoms with Crippen LogP contribution >= 0.6 is 11.6 Å². The minimum absolute atomic E-state index is 0.143. The van der Waals surface area contributed by atoms with Crippen LogP contribution in [-0.2, 0) is 0 Å². The van der Waals surface area contributed by atoms with Crippen molar-refractivity contribution in [2.75, 3.05) is 19.1 Å². The third kappa shape index (κ3) is 3.10. The van der Waals surface area contributed by atoms with Crippen LogP contribution in [0.4, 0.5) is 5.82 Å². The minimum Gasteiger partial charge on any atom is -0.394 e. The average molecular weight is 273 g/mol. The highest BCUT2D eigenvalue weighted by atomic mass is 35.5. The first kappa shape index (κ1) is 14.7. The summed E-state index contributed by atoms with van der Waals surface area (Å²) in [6, 6.07) is 2.95. The molecular weight excluding hydrogens is 256 g/mol. The van der Waals surface area contributed by atoms with E-state index in [1.807, 2.05) is 0 Å². The highest BCUT2D eigenvalue weighted by Crippen LogP contribution is 2.19. The number of nitrogens with two attached hydrogens (primary N) is 1. The first-order valence-corrected chi connectivity index (χ1v) is 5.73. The second kappa shape index (κ2) is 5.51. The molecule has 0 aliphatic rings. The Balaban J connectivity index is 3.07. The van der Waals surface area contributed by atoms with Crippen LogP contribution in [0.5, 0.6) is 0 Å². The Kier molecular flexibility index (Phi) is 4.50. The molecule has 6 nitrogen and oxygen atoms in total. The zero-order valence-electron chi connectivity index (χ0n) is 10.6. The first-order valence-electron chi connectivity index (χ1n) is 5.35. The second-order valence-corrected chi connectivity index (χ2v) is 4.93. The van der Waals surface area contributed by atoms with Gasteiger partial charge in [-0.3, -0.25) is 4.79 Å². The van der Waals surface area contributed by atoms with Crippen LogP contribution in [0.3, 0.4) is 0 Å². The molecule has 0 aliphatic heterocycles. The van der Waals surface area contributed by atoms with Crippen LogP contribution in [0.25, 0.3) is 0 Å². The Bertz CT molecular complexity index is 451. The molecule has 7 heteroatoms. The highest BCUT2D eigenvalue weighted by molar-refractivity contribution is 6.29. The van der Waals surface area contributed by atoms with Crippen molar-refractivity contribution in [3.05, 3.63) is 22.8 Å². The number of carbonyl (C=O) groups excluding carboxylic acids is 1. The normalized spacial score (nSPS) is 11.2. The topological polar surface area (TPSA) is 91.5 Å². The fourth-order valence-corrected chi connectivity index (χ4v) is 1.48. The van der Waals surface area contributed by atoms with Gasteiger partial charge >= 0.3 is 0 Å². The van der Waals surface area contributed by atoms with E-state index >= 15 is 0 Å². The van der Waals surface area contributed by atoms with Crippen molar-refractivity contribution in [3.8, 4) is 0 Å². The third-order valence-corrected chi connectivity index (χ3v) is 2.98. The number of hydrazine groups is 1. The van der Waals surface area contributed by atoms with Gasteiger partial charge in [0.2, 0.25) is 0 Å². The van der Waals surface area contributed by atoms with Crippen LogP contribution in [-0.4, -0.2) is 40.1 Å². The monoisotopic (exact) mass is 272 g/mol. The minimum atomic E-state index is -0.664. The van der Waals surface area contributed by atoms with Gasteiger partial charge in [-0.15, -0.1) is 0 Å². The van der Waals surface area contributed by atoms with Gasteiger partial charge in [-0.2, -0.15) is 0 Å². The number of aliphatic hydroxyl groups excluding tert-OH is 1. The Morgan fingerprint density at radius 2 is 2.22 bits per heavy atom. The summed E-state index contributed by atoms with van der Waals surface area (Å²) < 4.78 is 0. The number of aromatic nitrogens is 1. The molecule has 0 spiro atoms. The molecule has 18 heavy (non-hydrogen) atoms. The maximum absolute atomic E-state index is 12.2. The van der Waals surface area contributed by atoms with Crippen molar-refractivity contribution in [2.45, 2.75) is 19.4 Å². The number of amides is 1. The SMILES string of the molecule is CN(C(=O)c1cc(Cl)nc(NN)c1)C(C)(C)CO. The van der Waals surface area contributed by atoms with Gasteiger partial charge in [-0.1, -0.05) is 11.6 Å². The van der Waals surface area contributed by atoms with Gasteiger partial charge in [0.25, 0.3) is 5.91 Å². The predicted molar refractivity (Wildman–Crippen MR) is 70.3 cm³/mol. The fourth-order valence-electron chi connectivity index (χ4n) is 1.27. The quantitative estimate of drug-likeness (QED) is 0.430. The Hall–Kier alpha value is -1.37. The van der Waals surface area contributed by atoms with E-state index in [1.165, 1.54) is 17.0 Å². The molecular formula is C11H17ClN4O2. The van der Waals surface area contributed by atoms with Crippen LogP contribution in [0.1, 0.15) is 24.2 Å². The molecule has 1 amide bonds. The first-order chi connectivity index (χ1) is 8.31. The van der Waals surface area contributed by atoms with E-state index in [9.17, 15) is 9.90 Å². The second-order valence-electron chi connectivity index (χ2n) is 4.54. The van der Waals surface area contributed by atoms with Crippen molar-refractivity contribution in [3.63, 3.8) is 0 Å². The number of nitrogen functional groups attached to an aromatic ring is 1. The van der Waals surface area contributed by atoms with Gasteiger partial charge < -0.3 is 15.4 Å². The molecule has 1 rings (SSSR count).